The lowest BCUT2D eigenvalue weighted by atomic mass is 9.68. The number of hydrogen-bond acceptors (Lipinski definition) is 2. The summed E-state index contributed by atoms with van der Waals surface area (Å²) in [6.45, 7) is 7.27. The minimum atomic E-state index is 0.0221. The minimum absolute atomic E-state index is 0.0221. The van der Waals surface area contributed by atoms with Crippen LogP contribution in [0.25, 0.3) is 5.70 Å². The summed E-state index contributed by atoms with van der Waals surface area (Å²) in [5.74, 6) is 0.0221. The maximum atomic E-state index is 12.6. The Kier molecular flexibility index (Phi) is 6.75. The van der Waals surface area contributed by atoms with E-state index in [1.54, 1.807) is 0 Å². The quantitative estimate of drug-likeness (QED) is 0.498. The van der Waals surface area contributed by atoms with Crippen molar-refractivity contribution in [1.82, 2.24) is 10.6 Å². The van der Waals surface area contributed by atoms with Crippen LogP contribution < -0.4 is 10.6 Å². The summed E-state index contributed by atoms with van der Waals surface area (Å²) in [5, 5.41) is 6.89. The van der Waals surface area contributed by atoms with E-state index in [9.17, 15) is 4.79 Å². The Balaban J connectivity index is 1.45. The van der Waals surface area contributed by atoms with E-state index < -0.39 is 0 Å². The summed E-state index contributed by atoms with van der Waals surface area (Å²) in [6.07, 6.45) is 3.97. The van der Waals surface area contributed by atoms with Gasteiger partial charge in [-0.25, -0.2) is 0 Å². The Morgan fingerprint density at radius 1 is 0.906 bits per heavy atom. The van der Waals surface area contributed by atoms with Gasteiger partial charge in [0.1, 0.15) is 0 Å². The Labute approximate surface area is 191 Å². The maximum Gasteiger partial charge on any atom is 0.251 e. The first-order valence-electron chi connectivity index (χ1n) is 11.5. The molecule has 0 spiro atoms. The molecule has 3 aromatic carbocycles. The second kappa shape index (κ2) is 9.86. The van der Waals surface area contributed by atoms with Gasteiger partial charge in [-0.3, -0.25) is 4.79 Å². The fraction of sp³-hybridized carbons (Fsp3) is 0.276. The third-order valence-corrected chi connectivity index (χ3v) is 6.81. The fourth-order valence-corrected chi connectivity index (χ4v) is 4.81. The van der Waals surface area contributed by atoms with Crippen molar-refractivity contribution in [3.8, 4) is 0 Å². The van der Waals surface area contributed by atoms with Crippen LogP contribution in [0.4, 0.5) is 0 Å². The van der Waals surface area contributed by atoms with Crippen molar-refractivity contribution < 1.29 is 4.79 Å². The molecule has 0 aromatic heterocycles. The molecule has 4 rings (SSSR count). The summed E-state index contributed by atoms with van der Waals surface area (Å²) in [4.78, 5) is 12.6. The van der Waals surface area contributed by atoms with Crippen molar-refractivity contribution in [3.63, 3.8) is 0 Å². The van der Waals surface area contributed by atoms with Crippen LogP contribution in [0.1, 0.15) is 52.7 Å². The zero-order valence-corrected chi connectivity index (χ0v) is 18.8. The fourth-order valence-electron chi connectivity index (χ4n) is 4.81. The average molecular weight is 425 g/mol. The van der Waals surface area contributed by atoms with Crippen molar-refractivity contribution in [2.24, 2.45) is 0 Å². The lowest BCUT2D eigenvalue weighted by Gasteiger charge is -2.41. The lowest BCUT2D eigenvalue weighted by molar-refractivity contribution is 0.0917. The number of carbonyl (C=O) groups excluding carboxylic acids is 1. The van der Waals surface area contributed by atoms with Crippen molar-refractivity contribution in [2.45, 2.75) is 44.1 Å². The molecule has 3 nitrogen and oxygen atoms in total. The zero-order chi connectivity index (χ0) is 22.4. The van der Waals surface area contributed by atoms with E-state index in [4.69, 9.17) is 0 Å². The number of nitrogens with one attached hydrogen (secondary N) is 2. The predicted octanol–water partition coefficient (Wildman–Crippen LogP) is 5.87. The van der Waals surface area contributed by atoms with E-state index in [0.717, 1.165) is 43.5 Å². The molecule has 0 saturated heterocycles. The summed E-state index contributed by atoms with van der Waals surface area (Å²) in [7, 11) is 0. The Bertz CT molecular complexity index is 1050. The van der Waals surface area contributed by atoms with Crippen molar-refractivity contribution in [3.05, 3.63) is 114 Å². The molecule has 1 amide bonds. The number of aryl methyl sites for hydroxylation is 1. The molecule has 0 radical (unpaired) electrons. The van der Waals surface area contributed by atoms with Gasteiger partial charge in [-0.2, -0.15) is 0 Å². The summed E-state index contributed by atoms with van der Waals surface area (Å²) in [5.41, 5.74) is 5.48. The van der Waals surface area contributed by atoms with Crippen molar-refractivity contribution in [1.29, 1.82) is 0 Å². The second-order valence-electron chi connectivity index (χ2n) is 8.91. The van der Waals surface area contributed by atoms with E-state index in [-0.39, 0.29) is 17.4 Å². The molecule has 3 heteroatoms. The van der Waals surface area contributed by atoms with Gasteiger partial charge >= 0.3 is 0 Å². The van der Waals surface area contributed by atoms with Gasteiger partial charge in [0.15, 0.2) is 0 Å². The topological polar surface area (TPSA) is 41.1 Å². The molecule has 2 N–H and O–H groups in total. The van der Waals surface area contributed by atoms with Crippen LogP contribution in [-0.2, 0) is 5.41 Å². The first-order valence-corrected chi connectivity index (χ1v) is 11.5. The Morgan fingerprint density at radius 3 is 2.16 bits per heavy atom. The van der Waals surface area contributed by atoms with E-state index in [2.05, 4.69) is 78.7 Å². The minimum Gasteiger partial charge on any atom is -0.384 e. The molecule has 1 saturated carbocycles. The molecule has 0 bridgehead atoms. The maximum absolute atomic E-state index is 12.6. The number of amides is 1. The van der Waals surface area contributed by atoms with E-state index in [1.807, 2.05) is 30.3 Å². The molecule has 0 atom stereocenters. The highest BCUT2D eigenvalue weighted by Gasteiger charge is 2.37. The lowest BCUT2D eigenvalue weighted by Crippen LogP contribution is -2.46. The van der Waals surface area contributed by atoms with Crippen molar-refractivity contribution in [2.75, 3.05) is 6.54 Å². The highest BCUT2D eigenvalue weighted by Crippen LogP contribution is 2.39. The number of benzene rings is 3. The van der Waals surface area contributed by atoms with E-state index in [1.165, 1.54) is 16.7 Å². The SMILES string of the molecule is C=C(NCC1(c2ccccc2)CCC(NC(=O)c2ccccc2)CC1)c1ccccc1C. The molecule has 1 aliphatic rings. The second-order valence-corrected chi connectivity index (χ2v) is 8.91. The first kappa shape index (κ1) is 21.9. The Hall–Kier alpha value is -3.33. The summed E-state index contributed by atoms with van der Waals surface area (Å²) in [6, 6.07) is 28.8. The zero-order valence-electron chi connectivity index (χ0n) is 18.8. The van der Waals surface area contributed by atoms with Crippen LogP contribution in [0.2, 0.25) is 0 Å². The van der Waals surface area contributed by atoms with Crippen LogP contribution in [0, 0.1) is 6.92 Å². The van der Waals surface area contributed by atoms with Gasteiger partial charge in [-0.1, -0.05) is 79.4 Å². The van der Waals surface area contributed by atoms with Gasteiger partial charge in [0, 0.05) is 29.3 Å². The predicted molar refractivity (Wildman–Crippen MR) is 132 cm³/mol. The van der Waals surface area contributed by atoms with Crippen LogP contribution in [0.15, 0.2) is 91.5 Å². The first-order chi connectivity index (χ1) is 15.6. The highest BCUT2D eigenvalue weighted by molar-refractivity contribution is 5.94. The van der Waals surface area contributed by atoms with Crippen LogP contribution in [0.5, 0.6) is 0 Å². The smallest absolute Gasteiger partial charge is 0.251 e. The van der Waals surface area contributed by atoms with Gasteiger partial charge < -0.3 is 10.6 Å². The van der Waals surface area contributed by atoms with E-state index >= 15 is 0 Å². The summed E-state index contributed by atoms with van der Waals surface area (Å²) >= 11 is 0. The molecule has 0 heterocycles. The third kappa shape index (κ3) is 4.94. The number of rotatable bonds is 7. The molecule has 164 valence electrons. The van der Waals surface area contributed by atoms with Gasteiger partial charge in [0.2, 0.25) is 0 Å². The Morgan fingerprint density at radius 2 is 1.50 bits per heavy atom. The van der Waals surface area contributed by atoms with Crippen LogP contribution >= 0.6 is 0 Å². The highest BCUT2D eigenvalue weighted by atomic mass is 16.1. The number of carbonyl (C=O) groups is 1. The monoisotopic (exact) mass is 424 g/mol. The van der Waals surface area contributed by atoms with Crippen LogP contribution in [-0.4, -0.2) is 18.5 Å². The molecule has 3 aromatic rings. The molecular formula is C29H32N2O. The van der Waals surface area contributed by atoms with Crippen LogP contribution in [0.3, 0.4) is 0 Å². The van der Waals surface area contributed by atoms with Gasteiger partial charge in [0.05, 0.1) is 0 Å². The summed E-state index contributed by atoms with van der Waals surface area (Å²) < 4.78 is 0. The normalized spacial score (nSPS) is 20.3. The standard InChI is InChI=1S/C29H32N2O/c1-22-11-9-10-16-27(22)23(2)30-21-29(25-14-7-4-8-15-25)19-17-26(18-20-29)31-28(32)24-12-5-3-6-13-24/h3-16,26,30H,2,17-21H2,1H3,(H,31,32). The van der Waals surface area contributed by atoms with Gasteiger partial charge in [-0.05, 0) is 61.4 Å². The average Bonchev–Trinajstić information content (AvgIpc) is 2.85. The molecule has 1 aliphatic carbocycles. The largest absolute Gasteiger partial charge is 0.384 e. The molecular weight excluding hydrogens is 392 g/mol. The van der Waals surface area contributed by atoms with Crippen molar-refractivity contribution >= 4 is 11.6 Å². The molecule has 1 fully saturated rings. The van der Waals surface area contributed by atoms with E-state index in [0.29, 0.717) is 0 Å². The van der Waals surface area contributed by atoms with Gasteiger partial charge in [0.25, 0.3) is 5.91 Å². The third-order valence-electron chi connectivity index (χ3n) is 6.81. The molecule has 32 heavy (non-hydrogen) atoms. The molecule has 0 aliphatic heterocycles. The number of hydrogen-bond donors (Lipinski definition) is 2. The molecule has 0 unspecified atom stereocenters. The van der Waals surface area contributed by atoms with Gasteiger partial charge in [-0.15, -0.1) is 0 Å².